The first-order valence-electron chi connectivity index (χ1n) is 3.20. The van der Waals surface area contributed by atoms with Crippen LogP contribution < -0.4 is 0 Å². The van der Waals surface area contributed by atoms with E-state index in [0.717, 1.165) is 0 Å². The molecule has 0 aliphatic rings. The molecule has 0 heterocycles. The normalized spacial score (nSPS) is 14.8. The van der Waals surface area contributed by atoms with Crippen LogP contribution in [-0.4, -0.2) is 41.6 Å². The van der Waals surface area contributed by atoms with Crippen molar-refractivity contribution < 1.29 is 23.2 Å². The number of rotatable bonds is 5. The second-order valence-corrected chi connectivity index (χ2v) is 3.81. The molecule has 0 aliphatic heterocycles. The molecule has 6 heteroatoms. The Balaban J connectivity index is 3.54. The maximum Gasteiger partial charge on any atom is 0.264 e. The summed E-state index contributed by atoms with van der Waals surface area (Å²) in [4.78, 5) is 0. The molecule has 0 aromatic rings. The molecule has 5 nitrogen and oxygen atoms in total. The third-order valence-electron chi connectivity index (χ3n) is 1.17. The molecule has 0 saturated heterocycles. The highest BCUT2D eigenvalue weighted by Crippen LogP contribution is 1.98. The van der Waals surface area contributed by atoms with E-state index in [0.29, 0.717) is 0 Å². The van der Waals surface area contributed by atoms with Crippen LogP contribution in [0.25, 0.3) is 0 Å². The van der Waals surface area contributed by atoms with E-state index in [9.17, 15) is 8.42 Å². The van der Waals surface area contributed by atoms with Gasteiger partial charge < -0.3 is 10.2 Å². The molecule has 0 aromatic carbocycles. The van der Waals surface area contributed by atoms with E-state index in [1.54, 1.807) is 0 Å². The molecule has 0 radical (unpaired) electrons. The molecule has 1 unspecified atom stereocenters. The average Bonchev–Trinajstić information content (AvgIpc) is 1.83. The van der Waals surface area contributed by atoms with Gasteiger partial charge in [0.2, 0.25) is 0 Å². The summed E-state index contributed by atoms with van der Waals surface area (Å²) in [6, 6.07) is 0. The predicted molar refractivity (Wildman–Crippen MR) is 38.7 cm³/mol. The van der Waals surface area contributed by atoms with Gasteiger partial charge in [-0.3, -0.25) is 4.55 Å². The van der Waals surface area contributed by atoms with Gasteiger partial charge in [0.1, 0.15) is 0 Å². The summed E-state index contributed by atoms with van der Waals surface area (Å²) in [6.45, 7) is -0.188. The largest absolute Gasteiger partial charge is 0.396 e. The van der Waals surface area contributed by atoms with Crippen LogP contribution in [0.5, 0.6) is 0 Å². The van der Waals surface area contributed by atoms with Crippen LogP contribution in [-0.2, 0) is 10.1 Å². The van der Waals surface area contributed by atoms with Gasteiger partial charge in [0.15, 0.2) is 0 Å². The summed E-state index contributed by atoms with van der Waals surface area (Å²) in [5.74, 6) is -0.464. The van der Waals surface area contributed by atoms with Crippen LogP contribution in [0.3, 0.4) is 0 Å². The maximum absolute atomic E-state index is 10.1. The van der Waals surface area contributed by atoms with Crippen LogP contribution in [0.4, 0.5) is 0 Å². The Labute approximate surface area is 65.4 Å². The van der Waals surface area contributed by atoms with E-state index in [2.05, 4.69) is 0 Å². The van der Waals surface area contributed by atoms with Gasteiger partial charge in [-0.15, -0.1) is 0 Å². The lowest BCUT2D eigenvalue weighted by atomic mass is 10.2. The lowest BCUT2D eigenvalue weighted by Crippen LogP contribution is -2.15. The van der Waals surface area contributed by atoms with E-state index < -0.39 is 22.0 Å². The van der Waals surface area contributed by atoms with E-state index in [1.807, 2.05) is 0 Å². The Morgan fingerprint density at radius 2 is 1.82 bits per heavy atom. The summed E-state index contributed by atoms with van der Waals surface area (Å²) in [6.07, 6.45) is -0.767. The van der Waals surface area contributed by atoms with Crippen molar-refractivity contribution in [2.75, 3.05) is 12.4 Å². The zero-order chi connectivity index (χ0) is 8.91. The van der Waals surface area contributed by atoms with Crippen molar-refractivity contribution in [2.24, 2.45) is 0 Å². The Morgan fingerprint density at radius 3 is 2.18 bits per heavy atom. The lowest BCUT2D eigenvalue weighted by molar-refractivity contribution is 0.129. The van der Waals surface area contributed by atoms with Crippen LogP contribution in [0.15, 0.2) is 0 Å². The number of aliphatic hydroxyl groups excluding tert-OH is 2. The Hall–Kier alpha value is -0.170. The minimum Gasteiger partial charge on any atom is -0.396 e. The molecule has 0 saturated carbocycles. The topological polar surface area (TPSA) is 94.8 Å². The van der Waals surface area contributed by atoms with Crippen molar-refractivity contribution in [3.05, 3.63) is 0 Å². The van der Waals surface area contributed by atoms with E-state index >= 15 is 0 Å². The molecule has 0 rings (SSSR count). The molecular formula is C5H12O5S. The van der Waals surface area contributed by atoms with Gasteiger partial charge >= 0.3 is 0 Å². The third-order valence-corrected chi connectivity index (χ3v) is 1.92. The highest BCUT2D eigenvalue weighted by Gasteiger charge is 2.09. The van der Waals surface area contributed by atoms with Crippen molar-refractivity contribution in [1.29, 1.82) is 0 Å². The molecule has 3 N–H and O–H groups in total. The maximum atomic E-state index is 10.1. The fourth-order valence-corrected chi connectivity index (χ4v) is 1.15. The molecule has 0 aromatic heterocycles. The monoisotopic (exact) mass is 184 g/mol. The molecule has 0 bridgehead atoms. The summed E-state index contributed by atoms with van der Waals surface area (Å²) >= 11 is 0. The highest BCUT2D eigenvalue weighted by atomic mass is 32.2. The quantitative estimate of drug-likeness (QED) is 0.477. The third kappa shape index (κ3) is 7.73. The molecule has 68 valence electrons. The fraction of sp³-hybridized carbons (Fsp3) is 1.00. The number of hydrogen-bond donors (Lipinski definition) is 3. The second-order valence-electron chi connectivity index (χ2n) is 2.24. The van der Waals surface area contributed by atoms with Gasteiger partial charge in [0.25, 0.3) is 10.1 Å². The fourth-order valence-electron chi connectivity index (χ4n) is 0.578. The van der Waals surface area contributed by atoms with Crippen molar-refractivity contribution in [3.63, 3.8) is 0 Å². The molecular weight excluding hydrogens is 172 g/mol. The Bertz CT molecular complexity index is 185. The summed E-state index contributed by atoms with van der Waals surface area (Å²) < 4.78 is 28.5. The van der Waals surface area contributed by atoms with E-state index in [4.69, 9.17) is 14.8 Å². The zero-order valence-electron chi connectivity index (χ0n) is 5.97. The van der Waals surface area contributed by atoms with Crippen molar-refractivity contribution in [3.8, 4) is 0 Å². The molecule has 0 aliphatic carbocycles. The first-order chi connectivity index (χ1) is 4.95. The zero-order valence-corrected chi connectivity index (χ0v) is 6.79. The first kappa shape index (κ1) is 10.8. The summed E-state index contributed by atoms with van der Waals surface area (Å²) in [5, 5.41) is 17.2. The van der Waals surface area contributed by atoms with Gasteiger partial charge in [0, 0.05) is 6.61 Å². The van der Waals surface area contributed by atoms with Gasteiger partial charge in [-0.25, -0.2) is 0 Å². The summed E-state index contributed by atoms with van der Waals surface area (Å²) in [7, 11) is -3.98. The van der Waals surface area contributed by atoms with Crippen molar-refractivity contribution >= 4 is 10.1 Å². The van der Waals surface area contributed by atoms with Crippen LogP contribution >= 0.6 is 0 Å². The van der Waals surface area contributed by atoms with Gasteiger partial charge in [-0.2, -0.15) is 8.42 Å². The molecule has 0 fully saturated rings. The average molecular weight is 184 g/mol. The van der Waals surface area contributed by atoms with E-state index in [1.165, 1.54) is 0 Å². The molecule has 11 heavy (non-hydrogen) atoms. The smallest absolute Gasteiger partial charge is 0.264 e. The van der Waals surface area contributed by atoms with Gasteiger partial charge in [-0.05, 0) is 12.8 Å². The van der Waals surface area contributed by atoms with Crippen molar-refractivity contribution in [1.82, 2.24) is 0 Å². The molecule has 0 spiro atoms. The van der Waals surface area contributed by atoms with Gasteiger partial charge in [0.05, 0.1) is 11.9 Å². The number of aliphatic hydroxyl groups is 2. The minimum atomic E-state index is -3.98. The standard InChI is InChI=1S/C5H12O5S/c6-3-1-5(7)2-4-11(8,9)10/h5-7H,1-4H2,(H,8,9,10). The Kier molecular flexibility index (Phi) is 4.58. The second kappa shape index (κ2) is 4.66. The lowest BCUT2D eigenvalue weighted by Gasteiger charge is -2.05. The first-order valence-corrected chi connectivity index (χ1v) is 4.80. The van der Waals surface area contributed by atoms with E-state index in [-0.39, 0.29) is 19.4 Å². The minimum absolute atomic E-state index is 0.0423. The SMILES string of the molecule is O=S(=O)(O)CCC(O)CCO. The number of hydrogen-bond acceptors (Lipinski definition) is 4. The van der Waals surface area contributed by atoms with Crippen molar-refractivity contribution in [2.45, 2.75) is 18.9 Å². The van der Waals surface area contributed by atoms with Crippen LogP contribution in [0.2, 0.25) is 0 Å². The molecule has 0 amide bonds. The van der Waals surface area contributed by atoms with Crippen LogP contribution in [0.1, 0.15) is 12.8 Å². The Morgan fingerprint density at radius 1 is 1.27 bits per heavy atom. The van der Waals surface area contributed by atoms with Crippen LogP contribution in [0, 0.1) is 0 Å². The highest BCUT2D eigenvalue weighted by molar-refractivity contribution is 7.85. The summed E-state index contributed by atoms with van der Waals surface area (Å²) in [5.41, 5.74) is 0. The van der Waals surface area contributed by atoms with Gasteiger partial charge in [-0.1, -0.05) is 0 Å². The predicted octanol–water partition coefficient (Wildman–Crippen LogP) is -0.992. The molecule has 1 atom stereocenters.